The highest BCUT2D eigenvalue weighted by Gasteiger charge is 2.33. The van der Waals surface area contributed by atoms with Crippen molar-refractivity contribution in [2.24, 2.45) is 5.92 Å². The van der Waals surface area contributed by atoms with Gasteiger partial charge in [-0.15, -0.1) is 0 Å². The third kappa shape index (κ3) is 6.79. The van der Waals surface area contributed by atoms with Crippen LogP contribution in [0.15, 0.2) is 0 Å². The SMILES string of the molecule is CCNC(C)(CCCOCC1CCCCC1)C(=O)OCC. The van der Waals surface area contributed by atoms with E-state index in [-0.39, 0.29) is 5.97 Å². The van der Waals surface area contributed by atoms with Gasteiger partial charge in [-0.2, -0.15) is 0 Å². The zero-order valence-electron chi connectivity index (χ0n) is 14.1. The second-order valence-corrected chi connectivity index (χ2v) is 6.27. The van der Waals surface area contributed by atoms with Gasteiger partial charge in [0, 0.05) is 13.2 Å². The fourth-order valence-corrected chi connectivity index (χ4v) is 3.07. The molecule has 0 saturated heterocycles. The van der Waals surface area contributed by atoms with Crippen molar-refractivity contribution in [3.8, 4) is 0 Å². The predicted molar refractivity (Wildman–Crippen MR) is 85.3 cm³/mol. The largest absolute Gasteiger partial charge is 0.465 e. The molecule has 0 aliphatic heterocycles. The molecule has 1 saturated carbocycles. The summed E-state index contributed by atoms with van der Waals surface area (Å²) < 4.78 is 11.0. The van der Waals surface area contributed by atoms with E-state index in [4.69, 9.17) is 9.47 Å². The van der Waals surface area contributed by atoms with Gasteiger partial charge in [0.2, 0.25) is 0 Å². The predicted octanol–water partition coefficient (Wildman–Crippen LogP) is 3.29. The molecule has 4 heteroatoms. The number of carbonyl (C=O) groups is 1. The fraction of sp³-hybridized carbons (Fsp3) is 0.941. The molecule has 1 aliphatic rings. The van der Waals surface area contributed by atoms with Crippen LogP contribution in [0.25, 0.3) is 0 Å². The van der Waals surface area contributed by atoms with Crippen molar-refractivity contribution in [2.75, 3.05) is 26.4 Å². The number of rotatable bonds is 10. The van der Waals surface area contributed by atoms with Crippen molar-refractivity contribution in [2.45, 2.75) is 71.3 Å². The van der Waals surface area contributed by atoms with Crippen LogP contribution in [0.2, 0.25) is 0 Å². The first-order valence-corrected chi connectivity index (χ1v) is 8.62. The highest BCUT2D eigenvalue weighted by Crippen LogP contribution is 2.24. The van der Waals surface area contributed by atoms with E-state index in [0.29, 0.717) is 6.61 Å². The van der Waals surface area contributed by atoms with Crippen molar-refractivity contribution >= 4 is 5.97 Å². The molecule has 1 unspecified atom stereocenters. The first-order valence-electron chi connectivity index (χ1n) is 8.62. The van der Waals surface area contributed by atoms with E-state index in [0.717, 1.165) is 38.5 Å². The lowest BCUT2D eigenvalue weighted by Crippen LogP contribution is -2.50. The minimum absolute atomic E-state index is 0.154. The van der Waals surface area contributed by atoms with Crippen LogP contribution in [-0.2, 0) is 14.3 Å². The zero-order valence-corrected chi connectivity index (χ0v) is 14.1. The van der Waals surface area contributed by atoms with E-state index >= 15 is 0 Å². The van der Waals surface area contributed by atoms with Crippen LogP contribution in [0.4, 0.5) is 0 Å². The minimum atomic E-state index is -0.584. The monoisotopic (exact) mass is 299 g/mol. The molecule has 1 aliphatic carbocycles. The molecular weight excluding hydrogens is 266 g/mol. The molecule has 0 aromatic rings. The molecule has 124 valence electrons. The quantitative estimate of drug-likeness (QED) is 0.497. The first-order chi connectivity index (χ1) is 10.1. The molecule has 21 heavy (non-hydrogen) atoms. The van der Waals surface area contributed by atoms with Gasteiger partial charge in [0.1, 0.15) is 5.54 Å². The lowest BCUT2D eigenvalue weighted by Gasteiger charge is -2.28. The van der Waals surface area contributed by atoms with E-state index < -0.39 is 5.54 Å². The summed E-state index contributed by atoms with van der Waals surface area (Å²) in [4.78, 5) is 12.0. The summed E-state index contributed by atoms with van der Waals surface area (Å²) in [5.41, 5.74) is -0.584. The Morgan fingerprint density at radius 3 is 2.57 bits per heavy atom. The average molecular weight is 299 g/mol. The van der Waals surface area contributed by atoms with Crippen LogP contribution in [-0.4, -0.2) is 37.9 Å². The van der Waals surface area contributed by atoms with Gasteiger partial charge in [0.05, 0.1) is 6.61 Å². The first kappa shape index (κ1) is 18.4. The molecule has 0 aromatic carbocycles. The average Bonchev–Trinajstić information content (AvgIpc) is 2.48. The lowest BCUT2D eigenvalue weighted by atomic mass is 9.90. The van der Waals surface area contributed by atoms with Crippen LogP contribution < -0.4 is 5.32 Å². The van der Waals surface area contributed by atoms with Crippen molar-refractivity contribution in [1.29, 1.82) is 0 Å². The molecule has 1 rings (SSSR count). The van der Waals surface area contributed by atoms with Gasteiger partial charge in [-0.3, -0.25) is 4.79 Å². The third-order valence-corrected chi connectivity index (χ3v) is 4.34. The molecule has 4 nitrogen and oxygen atoms in total. The Labute approximate surface area is 130 Å². The minimum Gasteiger partial charge on any atom is -0.465 e. The molecule has 0 bridgehead atoms. The Morgan fingerprint density at radius 2 is 1.95 bits per heavy atom. The van der Waals surface area contributed by atoms with E-state index in [1.807, 2.05) is 20.8 Å². The van der Waals surface area contributed by atoms with Gasteiger partial charge in [-0.05, 0) is 52.0 Å². The van der Waals surface area contributed by atoms with Crippen molar-refractivity contribution in [1.82, 2.24) is 5.32 Å². The standard InChI is InChI=1S/C17H33NO3/c1-4-18-17(3,16(19)21-5-2)12-9-13-20-14-15-10-7-6-8-11-15/h15,18H,4-14H2,1-3H3. The summed E-state index contributed by atoms with van der Waals surface area (Å²) >= 11 is 0. The molecule has 0 aromatic heterocycles. The summed E-state index contributed by atoms with van der Waals surface area (Å²) in [5, 5.41) is 3.25. The normalized spacial score (nSPS) is 19.2. The number of carbonyl (C=O) groups excluding carboxylic acids is 1. The Kier molecular flexibility index (Phi) is 8.93. The Hall–Kier alpha value is -0.610. The molecule has 1 N–H and O–H groups in total. The van der Waals surface area contributed by atoms with Gasteiger partial charge in [0.25, 0.3) is 0 Å². The van der Waals surface area contributed by atoms with Gasteiger partial charge in [0.15, 0.2) is 0 Å². The highest BCUT2D eigenvalue weighted by atomic mass is 16.5. The van der Waals surface area contributed by atoms with Crippen molar-refractivity contribution in [3.05, 3.63) is 0 Å². The number of nitrogens with one attached hydrogen (secondary N) is 1. The molecule has 1 atom stereocenters. The highest BCUT2D eigenvalue weighted by molar-refractivity contribution is 5.80. The summed E-state index contributed by atoms with van der Waals surface area (Å²) in [5.74, 6) is 0.600. The van der Waals surface area contributed by atoms with E-state index in [1.54, 1.807) is 0 Å². The fourth-order valence-electron chi connectivity index (χ4n) is 3.07. The molecule has 0 heterocycles. The van der Waals surface area contributed by atoms with E-state index in [9.17, 15) is 4.79 Å². The Morgan fingerprint density at radius 1 is 1.24 bits per heavy atom. The summed E-state index contributed by atoms with van der Waals surface area (Å²) in [7, 11) is 0. The second-order valence-electron chi connectivity index (χ2n) is 6.27. The molecule has 0 radical (unpaired) electrons. The number of hydrogen-bond donors (Lipinski definition) is 1. The third-order valence-electron chi connectivity index (χ3n) is 4.34. The maximum absolute atomic E-state index is 12.0. The van der Waals surface area contributed by atoms with E-state index in [2.05, 4.69) is 5.32 Å². The number of esters is 1. The molecule has 0 spiro atoms. The smallest absolute Gasteiger partial charge is 0.326 e. The number of hydrogen-bond acceptors (Lipinski definition) is 4. The van der Waals surface area contributed by atoms with Gasteiger partial charge in [-0.1, -0.05) is 26.2 Å². The van der Waals surface area contributed by atoms with Crippen molar-refractivity contribution in [3.63, 3.8) is 0 Å². The zero-order chi connectivity index (χ0) is 15.6. The molecule has 1 fully saturated rings. The Bertz CT molecular complexity index is 290. The van der Waals surface area contributed by atoms with Gasteiger partial charge >= 0.3 is 5.97 Å². The van der Waals surface area contributed by atoms with Crippen LogP contribution in [0.3, 0.4) is 0 Å². The van der Waals surface area contributed by atoms with Gasteiger partial charge < -0.3 is 14.8 Å². The van der Waals surface area contributed by atoms with Crippen molar-refractivity contribution < 1.29 is 14.3 Å². The molecular formula is C17H33NO3. The Balaban J connectivity index is 2.21. The summed E-state index contributed by atoms with van der Waals surface area (Å²) in [6.07, 6.45) is 8.37. The maximum Gasteiger partial charge on any atom is 0.326 e. The van der Waals surface area contributed by atoms with E-state index in [1.165, 1.54) is 32.1 Å². The topological polar surface area (TPSA) is 47.6 Å². The van der Waals surface area contributed by atoms with Crippen LogP contribution in [0, 0.1) is 5.92 Å². The van der Waals surface area contributed by atoms with Crippen LogP contribution in [0.5, 0.6) is 0 Å². The maximum atomic E-state index is 12.0. The molecule has 0 amide bonds. The summed E-state index contributed by atoms with van der Waals surface area (Å²) in [6.45, 7) is 8.59. The summed E-state index contributed by atoms with van der Waals surface area (Å²) in [6, 6.07) is 0. The number of ether oxygens (including phenoxy) is 2. The van der Waals surface area contributed by atoms with Crippen LogP contribution in [0.1, 0.15) is 65.7 Å². The number of likely N-dealkylation sites (N-methyl/N-ethyl adjacent to an activating group) is 1. The van der Waals surface area contributed by atoms with Crippen LogP contribution >= 0.6 is 0 Å². The second kappa shape index (κ2) is 10.2. The lowest BCUT2D eigenvalue weighted by molar-refractivity contribution is -0.151. The van der Waals surface area contributed by atoms with Gasteiger partial charge in [-0.25, -0.2) is 0 Å².